The molecule has 0 saturated heterocycles. The first-order valence-electron chi connectivity index (χ1n) is 10.5. The van der Waals surface area contributed by atoms with Crippen LogP contribution in [0, 0.1) is 0 Å². The first kappa shape index (κ1) is 26.6. The largest absolute Gasteiger partial charge is 0.506 e. The molecular formula is C26H22Br2N4O4. The zero-order chi connectivity index (χ0) is 25.9. The molecule has 0 saturated carbocycles. The number of phenols is 2. The van der Waals surface area contributed by atoms with E-state index in [1.165, 1.54) is 12.1 Å². The number of nitrogens with one attached hydrogen (secondary N) is 4. The SMILES string of the molecule is O=C(Nc1ccccc1O)Nc1ccccc1Br.O=C(Nc1ccccc1O)Nc1ccccc1Br. The third kappa shape index (κ3) is 8.03. The van der Waals surface area contributed by atoms with Crippen LogP contribution in [0.1, 0.15) is 0 Å². The summed E-state index contributed by atoms with van der Waals surface area (Å²) in [6, 6.07) is 26.8. The van der Waals surface area contributed by atoms with Gasteiger partial charge in [0, 0.05) is 8.95 Å². The molecule has 0 radical (unpaired) electrons. The number of benzene rings is 4. The number of urea groups is 2. The maximum absolute atomic E-state index is 11.7. The third-order valence-corrected chi connectivity index (χ3v) is 5.93. The van der Waals surface area contributed by atoms with E-state index in [0.29, 0.717) is 22.7 Å². The van der Waals surface area contributed by atoms with Gasteiger partial charge in [-0.25, -0.2) is 9.59 Å². The number of carbonyl (C=O) groups is 2. The van der Waals surface area contributed by atoms with Crippen molar-refractivity contribution in [2.75, 3.05) is 21.3 Å². The quantitative estimate of drug-likeness (QED) is 0.133. The number of hydrogen-bond donors (Lipinski definition) is 6. The van der Waals surface area contributed by atoms with Crippen LogP contribution in [0.4, 0.5) is 32.3 Å². The summed E-state index contributed by atoms with van der Waals surface area (Å²) in [6.07, 6.45) is 0. The average molecular weight is 614 g/mol. The summed E-state index contributed by atoms with van der Waals surface area (Å²) in [4.78, 5) is 23.5. The van der Waals surface area contributed by atoms with Gasteiger partial charge in [0.2, 0.25) is 0 Å². The van der Waals surface area contributed by atoms with Crippen LogP contribution in [0.5, 0.6) is 11.5 Å². The van der Waals surface area contributed by atoms with Crippen LogP contribution in [-0.2, 0) is 0 Å². The van der Waals surface area contributed by atoms with E-state index in [-0.39, 0.29) is 11.5 Å². The highest BCUT2D eigenvalue weighted by atomic mass is 79.9. The fraction of sp³-hybridized carbons (Fsp3) is 0. The van der Waals surface area contributed by atoms with Crippen LogP contribution in [0.3, 0.4) is 0 Å². The van der Waals surface area contributed by atoms with E-state index in [4.69, 9.17) is 0 Å². The number of para-hydroxylation sites is 6. The molecule has 4 rings (SSSR count). The summed E-state index contributed by atoms with van der Waals surface area (Å²) >= 11 is 6.67. The number of hydrogen-bond acceptors (Lipinski definition) is 4. The maximum atomic E-state index is 11.7. The van der Waals surface area contributed by atoms with E-state index in [1.807, 2.05) is 36.4 Å². The first-order valence-corrected chi connectivity index (χ1v) is 12.1. The van der Waals surface area contributed by atoms with Crippen molar-refractivity contribution in [3.05, 3.63) is 106 Å². The minimum atomic E-state index is -0.414. The molecule has 0 heterocycles. The Morgan fingerprint density at radius 3 is 1.08 bits per heavy atom. The standard InChI is InChI=1S/2C13H11BrN2O2/c2*14-9-5-1-2-6-10(9)15-13(18)16-11-7-3-4-8-12(11)17/h2*1-8,17H,(H2,15,16,18). The summed E-state index contributed by atoms with van der Waals surface area (Å²) in [5.41, 5.74) is 2.04. The molecule has 0 bridgehead atoms. The van der Waals surface area contributed by atoms with Gasteiger partial charge in [-0.05, 0) is 80.4 Å². The van der Waals surface area contributed by atoms with E-state index in [1.54, 1.807) is 48.5 Å². The molecule has 184 valence electrons. The van der Waals surface area contributed by atoms with Crippen LogP contribution >= 0.6 is 31.9 Å². The van der Waals surface area contributed by atoms with E-state index in [9.17, 15) is 19.8 Å². The van der Waals surface area contributed by atoms with Crippen molar-refractivity contribution in [3.63, 3.8) is 0 Å². The Bertz CT molecular complexity index is 1150. The zero-order valence-corrected chi connectivity index (χ0v) is 21.9. The predicted octanol–water partition coefficient (Wildman–Crippen LogP) is 7.60. The van der Waals surface area contributed by atoms with Crippen molar-refractivity contribution in [1.29, 1.82) is 0 Å². The molecule has 4 aromatic rings. The Hall–Kier alpha value is -4.02. The van der Waals surface area contributed by atoms with Gasteiger partial charge in [-0.15, -0.1) is 0 Å². The molecule has 0 aromatic heterocycles. The van der Waals surface area contributed by atoms with Crippen molar-refractivity contribution in [2.45, 2.75) is 0 Å². The normalized spacial score (nSPS) is 9.83. The molecule has 36 heavy (non-hydrogen) atoms. The average Bonchev–Trinajstić information content (AvgIpc) is 2.85. The molecule has 6 N–H and O–H groups in total. The number of rotatable bonds is 4. The first-order chi connectivity index (χ1) is 17.3. The van der Waals surface area contributed by atoms with Crippen molar-refractivity contribution in [1.82, 2.24) is 0 Å². The zero-order valence-electron chi connectivity index (χ0n) is 18.7. The molecule has 0 spiro atoms. The summed E-state index contributed by atoms with van der Waals surface area (Å²) in [5.74, 6) is 0.0551. The Balaban J connectivity index is 0.000000201. The smallest absolute Gasteiger partial charge is 0.323 e. The van der Waals surface area contributed by atoms with Gasteiger partial charge in [-0.1, -0.05) is 48.5 Å². The minimum Gasteiger partial charge on any atom is -0.506 e. The van der Waals surface area contributed by atoms with E-state index < -0.39 is 12.1 Å². The van der Waals surface area contributed by atoms with Gasteiger partial charge in [-0.3, -0.25) is 0 Å². The number of anilines is 4. The predicted molar refractivity (Wildman–Crippen MR) is 150 cm³/mol. The van der Waals surface area contributed by atoms with Crippen molar-refractivity contribution in [3.8, 4) is 11.5 Å². The lowest BCUT2D eigenvalue weighted by molar-refractivity contribution is 0.261. The Morgan fingerprint density at radius 2 is 0.750 bits per heavy atom. The highest BCUT2D eigenvalue weighted by Crippen LogP contribution is 2.25. The third-order valence-electron chi connectivity index (χ3n) is 4.55. The molecule has 0 unspecified atom stereocenters. The monoisotopic (exact) mass is 612 g/mol. The van der Waals surface area contributed by atoms with E-state index in [0.717, 1.165) is 8.95 Å². The Labute approximate surface area is 224 Å². The van der Waals surface area contributed by atoms with Gasteiger partial charge >= 0.3 is 12.1 Å². The maximum Gasteiger partial charge on any atom is 0.323 e. The van der Waals surface area contributed by atoms with Gasteiger partial charge in [0.05, 0.1) is 22.7 Å². The second-order valence-electron chi connectivity index (χ2n) is 7.15. The fourth-order valence-corrected chi connectivity index (χ4v) is 3.60. The van der Waals surface area contributed by atoms with Crippen LogP contribution < -0.4 is 21.3 Å². The lowest BCUT2D eigenvalue weighted by atomic mass is 10.3. The summed E-state index contributed by atoms with van der Waals surface area (Å²) in [7, 11) is 0. The molecule has 8 nitrogen and oxygen atoms in total. The van der Waals surface area contributed by atoms with E-state index >= 15 is 0 Å². The second kappa shape index (κ2) is 13.2. The summed E-state index contributed by atoms with van der Waals surface area (Å²) in [5, 5.41) is 29.5. The molecule has 4 amide bonds. The summed E-state index contributed by atoms with van der Waals surface area (Å²) < 4.78 is 1.58. The minimum absolute atomic E-state index is 0.0276. The van der Waals surface area contributed by atoms with Gasteiger partial charge in [0.25, 0.3) is 0 Å². The Morgan fingerprint density at radius 1 is 0.472 bits per heavy atom. The van der Waals surface area contributed by atoms with Crippen LogP contribution in [0.2, 0.25) is 0 Å². The molecule has 10 heteroatoms. The van der Waals surface area contributed by atoms with Crippen molar-refractivity contribution in [2.24, 2.45) is 0 Å². The fourth-order valence-electron chi connectivity index (χ4n) is 2.84. The molecule has 0 fully saturated rings. The van der Waals surface area contributed by atoms with Crippen molar-refractivity contribution >= 4 is 66.7 Å². The highest BCUT2D eigenvalue weighted by molar-refractivity contribution is 9.11. The highest BCUT2D eigenvalue weighted by Gasteiger charge is 2.08. The van der Waals surface area contributed by atoms with Crippen LogP contribution in [0.15, 0.2) is 106 Å². The van der Waals surface area contributed by atoms with Gasteiger partial charge in [0.1, 0.15) is 11.5 Å². The number of amides is 4. The number of carbonyl (C=O) groups excluding carboxylic acids is 2. The molecule has 4 aromatic carbocycles. The van der Waals surface area contributed by atoms with Crippen LogP contribution in [0.25, 0.3) is 0 Å². The van der Waals surface area contributed by atoms with Gasteiger partial charge < -0.3 is 31.5 Å². The Kier molecular flexibility index (Phi) is 9.73. The van der Waals surface area contributed by atoms with Gasteiger partial charge in [0.15, 0.2) is 0 Å². The molecule has 0 aliphatic carbocycles. The molecule has 0 aliphatic rings. The molecule has 0 atom stereocenters. The molecule has 0 aliphatic heterocycles. The molecular weight excluding hydrogens is 592 g/mol. The number of halogens is 2. The summed E-state index contributed by atoms with van der Waals surface area (Å²) in [6.45, 7) is 0. The van der Waals surface area contributed by atoms with Gasteiger partial charge in [-0.2, -0.15) is 0 Å². The van der Waals surface area contributed by atoms with E-state index in [2.05, 4.69) is 53.1 Å². The van der Waals surface area contributed by atoms with Crippen molar-refractivity contribution < 1.29 is 19.8 Å². The van der Waals surface area contributed by atoms with Crippen LogP contribution in [-0.4, -0.2) is 22.3 Å². The lowest BCUT2D eigenvalue weighted by Crippen LogP contribution is -2.19. The number of aromatic hydroxyl groups is 2. The number of phenolic OH excluding ortho intramolecular Hbond substituents is 2. The lowest BCUT2D eigenvalue weighted by Gasteiger charge is -2.09. The topological polar surface area (TPSA) is 123 Å². The second-order valence-corrected chi connectivity index (χ2v) is 8.86.